The van der Waals surface area contributed by atoms with Gasteiger partial charge in [-0.25, -0.2) is 4.98 Å². The maximum Gasteiger partial charge on any atom is 0.112 e. The third-order valence-electron chi connectivity index (χ3n) is 5.52. The molecule has 2 aliphatic carbocycles. The van der Waals surface area contributed by atoms with E-state index in [1.165, 1.54) is 63.1 Å². The van der Waals surface area contributed by atoms with E-state index < -0.39 is 0 Å². The first-order valence-electron chi connectivity index (χ1n) is 8.45. The molecule has 1 atom stereocenters. The molecular formula is C16H24N4. The highest BCUT2D eigenvalue weighted by Gasteiger charge is 2.39. The fraction of sp³-hybridized carbons (Fsp3) is 0.812. The summed E-state index contributed by atoms with van der Waals surface area (Å²) >= 11 is 0. The zero-order chi connectivity index (χ0) is 13.1. The predicted molar refractivity (Wildman–Crippen MR) is 77.9 cm³/mol. The number of rotatable bonds is 3. The van der Waals surface area contributed by atoms with E-state index in [-0.39, 0.29) is 0 Å². The van der Waals surface area contributed by atoms with Crippen molar-refractivity contribution in [3.8, 4) is 0 Å². The number of imidazole rings is 1. The van der Waals surface area contributed by atoms with Crippen LogP contribution >= 0.6 is 0 Å². The Kier molecular flexibility index (Phi) is 2.53. The molecule has 4 aliphatic rings. The van der Waals surface area contributed by atoms with E-state index in [4.69, 9.17) is 4.98 Å². The van der Waals surface area contributed by atoms with Crippen LogP contribution in [0.25, 0.3) is 0 Å². The molecular weight excluding hydrogens is 248 g/mol. The van der Waals surface area contributed by atoms with Gasteiger partial charge < -0.3 is 9.88 Å². The number of fused-ring (bicyclic) bond motifs is 1. The van der Waals surface area contributed by atoms with Crippen molar-refractivity contribution in [3.63, 3.8) is 0 Å². The van der Waals surface area contributed by atoms with Gasteiger partial charge in [-0.3, -0.25) is 4.90 Å². The van der Waals surface area contributed by atoms with Crippen LogP contribution in [-0.2, 0) is 13.0 Å². The molecule has 108 valence electrons. The van der Waals surface area contributed by atoms with Gasteiger partial charge in [0.2, 0.25) is 0 Å². The van der Waals surface area contributed by atoms with Crippen LogP contribution < -0.4 is 5.32 Å². The monoisotopic (exact) mass is 272 g/mol. The minimum Gasteiger partial charge on any atom is -0.327 e. The normalized spacial score (nSPS) is 30.7. The van der Waals surface area contributed by atoms with E-state index in [1.807, 2.05) is 0 Å². The maximum atomic E-state index is 5.02. The van der Waals surface area contributed by atoms with Crippen molar-refractivity contribution >= 4 is 0 Å². The topological polar surface area (TPSA) is 33.1 Å². The minimum atomic E-state index is 0.709. The summed E-state index contributed by atoms with van der Waals surface area (Å²) in [6.45, 7) is 4.70. The molecule has 3 fully saturated rings. The number of hydrogen-bond donors (Lipinski definition) is 1. The van der Waals surface area contributed by atoms with Gasteiger partial charge in [-0.1, -0.05) is 0 Å². The Bertz CT molecular complexity index is 527. The van der Waals surface area contributed by atoms with Crippen molar-refractivity contribution < 1.29 is 0 Å². The molecule has 0 aromatic carbocycles. The van der Waals surface area contributed by atoms with Crippen LogP contribution in [0.3, 0.4) is 0 Å². The van der Waals surface area contributed by atoms with Gasteiger partial charge in [0, 0.05) is 56.3 Å². The summed E-state index contributed by atoms with van der Waals surface area (Å²) in [5.41, 5.74) is 2.91. The van der Waals surface area contributed by atoms with E-state index in [1.54, 1.807) is 5.69 Å². The van der Waals surface area contributed by atoms with Crippen LogP contribution in [0.4, 0.5) is 0 Å². The van der Waals surface area contributed by atoms with Gasteiger partial charge in [0.05, 0.1) is 5.69 Å². The van der Waals surface area contributed by atoms with Crippen LogP contribution in [-0.4, -0.2) is 40.1 Å². The summed E-state index contributed by atoms with van der Waals surface area (Å²) in [4.78, 5) is 7.76. The second-order valence-electron chi connectivity index (χ2n) is 7.10. The van der Waals surface area contributed by atoms with Crippen molar-refractivity contribution in [2.24, 2.45) is 0 Å². The van der Waals surface area contributed by atoms with E-state index in [9.17, 15) is 0 Å². The molecule has 3 heterocycles. The summed E-state index contributed by atoms with van der Waals surface area (Å²) in [7, 11) is 0. The summed E-state index contributed by atoms with van der Waals surface area (Å²) in [6, 6.07) is 1.63. The van der Waals surface area contributed by atoms with Gasteiger partial charge in [-0.15, -0.1) is 0 Å². The van der Waals surface area contributed by atoms with Gasteiger partial charge in [0.1, 0.15) is 5.82 Å². The van der Waals surface area contributed by atoms with Crippen molar-refractivity contribution in [1.29, 1.82) is 0 Å². The highest BCUT2D eigenvalue weighted by Crippen LogP contribution is 2.43. The number of nitrogens with zero attached hydrogens (tertiary/aromatic N) is 3. The SMILES string of the molecule is C1Cc2c(nc(C3CC3)n2C2CCN(C3CC3)C2)CN1. The molecule has 1 N–H and O–H groups in total. The summed E-state index contributed by atoms with van der Waals surface area (Å²) in [6.07, 6.45) is 8.12. The largest absolute Gasteiger partial charge is 0.327 e. The third kappa shape index (κ3) is 1.85. The van der Waals surface area contributed by atoms with Crippen molar-refractivity contribution in [2.75, 3.05) is 19.6 Å². The first-order valence-corrected chi connectivity index (χ1v) is 8.45. The lowest BCUT2D eigenvalue weighted by molar-refractivity contribution is 0.311. The van der Waals surface area contributed by atoms with E-state index >= 15 is 0 Å². The Hall–Kier alpha value is -0.870. The van der Waals surface area contributed by atoms with E-state index in [0.29, 0.717) is 6.04 Å². The Morgan fingerprint density at radius 3 is 2.75 bits per heavy atom. The second-order valence-corrected chi connectivity index (χ2v) is 7.10. The molecule has 5 rings (SSSR count). The average Bonchev–Trinajstić information content (AvgIpc) is 3.40. The fourth-order valence-electron chi connectivity index (χ4n) is 4.14. The van der Waals surface area contributed by atoms with Gasteiger partial charge in [0.15, 0.2) is 0 Å². The lowest BCUT2D eigenvalue weighted by Gasteiger charge is -2.22. The van der Waals surface area contributed by atoms with Crippen LogP contribution in [0, 0.1) is 0 Å². The first-order chi connectivity index (χ1) is 9.90. The smallest absolute Gasteiger partial charge is 0.112 e. The lowest BCUT2D eigenvalue weighted by atomic mass is 10.1. The first kappa shape index (κ1) is 11.8. The Morgan fingerprint density at radius 2 is 1.95 bits per heavy atom. The third-order valence-corrected chi connectivity index (χ3v) is 5.52. The lowest BCUT2D eigenvalue weighted by Crippen LogP contribution is -2.28. The molecule has 0 radical (unpaired) electrons. The molecule has 20 heavy (non-hydrogen) atoms. The van der Waals surface area contributed by atoms with E-state index in [0.717, 1.165) is 25.0 Å². The van der Waals surface area contributed by atoms with Gasteiger partial charge in [-0.2, -0.15) is 0 Å². The molecule has 2 aliphatic heterocycles. The number of likely N-dealkylation sites (tertiary alicyclic amines) is 1. The highest BCUT2D eigenvalue weighted by atomic mass is 15.3. The van der Waals surface area contributed by atoms with Crippen molar-refractivity contribution in [1.82, 2.24) is 19.8 Å². The Labute approximate surface area is 120 Å². The molecule has 1 aromatic rings. The zero-order valence-electron chi connectivity index (χ0n) is 12.1. The molecule has 2 saturated carbocycles. The molecule has 0 amide bonds. The molecule has 1 aromatic heterocycles. The number of hydrogen-bond acceptors (Lipinski definition) is 3. The molecule has 4 nitrogen and oxygen atoms in total. The van der Waals surface area contributed by atoms with Crippen LogP contribution in [0.2, 0.25) is 0 Å². The van der Waals surface area contributed by atoms with Crippen LogP contribution in [0.1, 0.15) is 61.3 Å². The van der Waals surface area contributed by atoms with Gasteiger partial charge in [0.25, 0.3) is 0 Å². The standard InChI is InChI=1S/C16H24N4/c1-2-11(1)16-18-14-9-17-7-5-15(14)20(16)13-6-8-19(10-13)12-3-4-12/h11-13,17H,1-10H2. The predicted octanol–water partition coefficient (Wildman–Crippen LogP) is 1.82. The second kappa shape index (κ2) is 4.31. The average molecular weight is 272 g/mol. The van der Waals surface area contributed by atoms with E-state index in [2.05, 4.69) is 14.8 Å². The Balaban J connectivity index is 1.50. The Morgan fingerprint density at radius 1 is 1.05 bits per heavy atom. The molecule has 4 heteroatoms. The summed E-state index contributed by atoms with van der Waals surface area (Å²) in [5, 5.41) is 3.48. The van der Waals surface area contributed by atoms with Gasteiger partial charge >= 0.3 is 0 Å². The minimum absolute atomic E-state index is 0.709. The quantitative estimate of drug-likeness (QED) is 0.911. The zero-order valence-corrected chi connectivity index (χ0v) is 12.1. The number of aromatic nitrogens is 2. The summed E-state index contributed by atoms with van der Waals surface area (Å²) in [5.74, 6) is 2.21. The maximum absolute atomic E-state index is 5.02. The van der Waals surface area contributed by atoms with Crippen molar-refractivity contribution in [2.45, 2.75) is 63.1 Å². The van der Waals surface area contributed by atoms with Gasteiger partial charge in [-0.05, 0) is 32.1 Å². The van der Waals surface area contributed by atoms with Crippen LogP contribution in [0.5, 0.6) is 0 Å². The van der Waals surface area contributed by atoms with Crippen LogP contribution in [0.15, 0.2) is 0 Å². The number of nitrogens with one attached hydrogen (secondary N) is 1. The fourth-order valence-corrected chi connectivity index (χ4v) is 4.14. The molecule has 0 spiro atoms. The van der Waals surface area contributed by atoms with Crippen molar-refractivity contribution in [3.05, 3.63) is 17.2 Å². The molecule has 0 bridgehead atoms. The molecule has 1 unspecified atom stereocenters. The summed E-state index contributed by atoms with van der Waals surface area (Å²) < 4.78 is 2.69. The molecule has 1 saturated heterocycles. The highest BCUT2D eigenvalue weighted by molar-refractivity contribution is 5.25.